The predicted molar refractivity (Wildman–Crippen MR) is 102 cm³/mol. The summed E-state index contributed by atoms with van der Waals surface area (Å²) in [6.07, 6.45) is 6.35. The summed E-state index contributed by atoms with van der Waals surface area (Å²) < 4.78 is 5.71. The summed E-state index contributed by atoms with van der Waals surface area (Å²) in [6.45, 7) is 11.3. The van der Waals surface area contributed by atoms with Gasteiger partial charge < -0.3 is 10.1 Å². The summed E-state index contributed by atoms with van der Waals surface area (Å²) in [4.78, 5) is 12.3. The van der Waals surface area contributed by atoms with Gasteiger partial charge in [-0.25, -0.2) is 0 Å². The molecule has 1 N–H and O–H groups in total. The maximum Gasteiger partial charge on any atom is 0.316 e. The second-order valence-electron chi connectivity index (χ2n) is 9.12. The Morgan fingerprint density at radius 3 is 2.72 bits per heavy atom. The molecule has 3 rings (SSSR count). The van der Waals surface area contributed by atoms with Crippen molar-refractivity contribution in [2.24, 2.45) is 11.3 Å². The molecule has 3 heteroatoms. The van der Waals surface area contributed by atoms with E-state index in [-0.39, 0.29) is 11.4 Å². The number of rotatable bonds is 2. The number of hydrogen-bond donors (Lipinski definition) is 1. The van der Waals surface area contributed by atoms with Crippen LogP contribution in [0, 0.1) is 18.3 Å². The fourth-order valence-electron chi connectivity index (χ4n) is 4.90. The molecule has 3 atom stereocenters. The van der Waals surface area contributed by atoms with Gasteiger partial charge in [-0.2, -0.15) is 0 Å². The molecule has 0 bridgehead atoms. The zero-order chi connectivity index (χ0) is 18.2. The summed E-state index contributed by atoms with van der Waals surface area (Å²) in [7, 11) is 0. The molecular weight excluding hydrogens is 310 g/mol. The standard InChI is InChI=1S/C22H33NO2/c1-15-9-10-17(25-20(24)21(3,4)5)14-19(15)22-11-7-6-8-18(22)16(2)23-13-12-22/h9-10,14,16,18,23H,6-8,11-13H2,1-5H3. The van der Waals surface area contributed by atoms with Gasteiger partial charge >= 0.3 is 5.97 Å². The van der Waals surface area contributed by atoms with E-state index in [4.69, 9.17) is 4.74 Å². The average molecular weight is 344 g/mol. The fourth-order valence-corrected chi connectivity index (χ4v) is 4.90. The van der Waals surface area contributed by atoms with Crippen LogP contribution in [0.25, 0.3) is 0 Å². The van der Waals surface area contributed by atoms with Gasteiger partial charge in [-0.1, -0.05) is 18.9 Å². The summed E-state index contributed by atoms with van der Waals surface area (Å²) in [5.41, 5.74) is 2.48. The van der Waals surface area contributed by atoms with Gasteiger partial charge in [0.15, 0.2) is 0 Å². The van der Waals surface area contributed by atoms with Crippen molar-refractivity contribution in [1.29, 1.82) is 0 Å². The highest BCUT2D eigenvalue weighted by Gasteiger charge is 2.47. The Bertz CT molecular complexity index is 642. The highest BCUT2D eigenvalue weighted by Crippen LogP contribution is 2.50. The zero-order valence-electron chi connectivity index (χ0n) is 16.4. The average Bonchev–Trinajstić information content (AvgIpc) is 2.56. The van der Waals surface area contributed by atoms with E-state index >= 15 is 0 Å². The lowest BCUT2D eigenvalue weighted by Gasteiger charge is -2.52. The van der Waals surface area contributed by atoms with Gasteiger partial charge in [-0.15, -0.1) is 0 Å². The van der Waals surface area contributed by atoms with Crippen LogP contribution in [-0.2, 0) is 10.2 Å². The Morgan fingerprint density at radius 2 is 2.00 bits per heavy atom. The van der Waals surface area contributed by atoms with Crippen LogP contribution in [0.3, 0.4) is 0 Å². The van der Waals surface area contributed by atoms with E-state index in [1.165, 1.54) is 43.2 Å². The summed E-state index contributed by atoms with van der Waals surface area (Å²) >= 11 is 0. The molecule has 3 nitrogen and oxygen atoms in total. The van der Waals surface area contributed by atoms with Crippen molar-refractivity contribution in [1.82, 2.24) is 5.32 Å². The maximum atomic E-state index is 12.3. The van der Waals surface area contributed by atoms with Crippen molar-refractivity contribution in [3.05, 3.63) is 29.3 Å². The van der Waals surface area contributed by atoms with E-state index < -0.39 is 5.41 Å². The molecule has 1 aliphatic heterocycles. The molecule has 0 spiro atoms. The van der Waals surface area contributed by atoms with Gasteiger partial charge in [-0.3, -0.25) is 4.79 Å². The topological polar surface area (TPSA) is 38.3 Å². The Hall–Kier alpha value is -1.35. The number of esters is 1. The smallest absolute Gasteiger partial charge is 0.316 e. The Morgan fingerprint density at radius 1 is 1.24 bits per heavy atom. The van der Waals surface area contributed by atoms with E-state index in [1.807, 2.05) is 26.8 Å². The highest BCUT2D eigenvalue weighted by atomic mass is 16.5. The van der Waals surface area contributed by atoms with Crippen LogP contribution >= 0.6 is 0 Å². The van der Waals surface area contributed by atoms with Crippen molar-refractivity contribution in [3.8, 4) is 5.75 Å². The lowest BCUT2D eigenvalue weighted by Crippen LogP contribution is -2.54. The highest BCUT2D eigenvalue weighted by molar-refractivity contribution is 5.78. The van der Waals surface area contributed by atoms with E-state index in [2.05, 4.69) is 31.3 Å². The molecule has 0 aromatic heterocycles. The number of hydrogen-bond acceptors (Lipinski definition) is 3. The Kier molecular flexibility index (Phi) is 4.98. The third-order valence-electron chi connectivity index (χ3n) is 6.31. The minimum Gasteiger partial charge on any atom is -0.426 e. The van der Waals surface area contributed by atoms with Crippen LogP contribution in [0.5, 0.6) is 5.75 Å². The third-order valence-corrected chi connectivity index (χ3v) is 6.31. The number of benzene rings is 1. The second-order valence-corrected chi connectivity index (χ2v) is 9.12. The molecule has 1 saturated carbocycles. The molecule has 0 amide bonds. The molecule has 3 unspecified atom stereocenters. The Labute approximate surface area is 152 Å². The lowest BCUT2D eigenvalue weighted by atomic mass is 9.56. The summed E-state index contributed by atoms with van der Waals surface area (Å²) in [5, 5.41) is 3.68. The summed E-state index contributed by atoms with van der Waals surface area (Å²) in [6, 6.07) is 6.79. The molecule has 2 aliphatic rings. The molecule has 1 aliphatic carbocycles. The SMILES string of the molecule is Cc1ccc(OC(=O)C(C)(C)C)cc1C12CCCCC1C(C)NCC2. The van der Waals surface area contributed by atoms with Gasteiger partial charge in [0.25, 0.3) is 0 Å². The number of fused-ring (bicyclic) bond motifs is 1. The van der Waals surface area contributed by atoms with Crippen molar-refractivity contribution in [2.45, 2.75) is 78.2 Å². The fraction of sp³-hybridized carbons (Fsp3) is 0.682. The third kappa shape index (κ3) is 3.48. The van der Waals surface area contributed by atoms with Crippen molar-refractivity contribution in [3.63, 3.8) is 0 Å². The normalized spacial score (nSPS) is 29.8. The number of carbonyl (C=O) groups excluding carboxylic acids is 1. The minimum atomic E-state index is -0.486. The number of aryl methyl sites for hydroxylation is 1. The van der Waals surface area contributed by atoms with Crippen LogP contribution in [0.15, 0.2) is 18.2 Å². The first kappa shape index (κ1) is 18.4. The zero-order valence-corrected chi connectivity index (χ0v) is 16.4. The number of nitrogens with one attached hydrogen (secondary N) is 1. The van der Waals surface area contributed by atoms with Crippen LogP contribution < -0.4 is 10.1 Å². The van der Waals surface area contributed by atoms with E-state index in [0.29, 0.717) is 17.7 Å². The van der Waals surface area contributed by atoms with Crippen LogP contribution in [0.2, 0.25) is 0 Å². The van der Waals surface area contributed by atoms with E-state index in [9.17, 15) is 4.79 Å². The lowest BCUT2D eigenvalue weighted by molar-refractivity contribution is -0.143. The molecule has 25 heavy (non-hydrogen) atoms. The Balaban J connectivity index is 1.97. The van der Waals surface area contributed by atoms with E-state index in [1.54, 1.807) is 0 Å². The van der Waals surface area contributed by atoms with Crippen molar-refractivity contribution < 1.29 is 9.53 Å². The number of piperidine rings is 1. The number of carbonyl (C=O) groups is 1. The largest absolute Gasteiger partial charge is 0.426 e. The second kappa shape index (κ2) is 6.75. The first-order chi connectivity index (χ1) is 11.7. The van der Waals surface area contributed by atoms with Crippen LogP contribution in [-0.4, -0.2) is 18.6 Å². The molecule has 138 valence electrons. The van der Waals surface area contributed by atoms with Gasteiger partial charge in [0, 0.05) is 11.5 Å². The molecule has 1 aromatic carbocycles. The van der Waals surface area contributed by atoms with Gasteiger partial charge in [0.2, 0.25) is 0 Å². The van der Waals surface area contributed by atoms with Crippen molar-refractivity contribution >= 4 is 5.97 Å². The molecule has 1 saturated heterocycles. The molecule has 1 aromatic rings. The molecular formula is C22H33NO2. The van der Waals surface area contributed by atoms with Crippen LogP contribution in [0.1, 0.15) is 70.9 Å². The number of ether oxygens (including phenoxy) is 1. The maximum absolute atomic E-state index is 12.3. The van der Waals surface area contributed by atoms with Crippen LogP contribution in [0.4, 0.5) is 0 Å². The quantitative estimate of drug-likeness (QED) is 0.622. The minimum absolute atomic E-state index is 0.168. The molecule has 2 fully saturated rings. The monoisotopic (exact) mass is 343 g/mol. The predicted octanol–water partition coefficient (Wildman–Crippen LogP) is 4.76. The van der Waals surface area contributed by atoms with Crippen molar-refractivity contribution in [2.75, 3.05) is 6.54 Å². The first-order valence-corrected chi connectivity index (χ1v) is 9.81. The first-order valence-electron chi connectivity index (χ1n) is 9.81. The molecule has 0 radical (unpaired) electrons. The summed E-state index contributed by atoms with van der Waals surface area (Å²) in [5.74, 6) is 1.20. The molecule has 1 heterocycles. The van der Waals surface area contributed by atoms with Gasteiger partial charge in [0.1, 0.15) is 5.75 Å². The van der Waals surface area contributed by atoms with Gasteiger partial charge in [-0.05, 0) is 89.6 Å². The van der Waals surface area contributed by atoms with Gasteiger partial charge in [0.05, 0.1) is 5.41 Å². The van der Waals surface area contributed by atoms with E-state index in [0.717, 1.165) is 6.54 Å².